The standard InChI is InChI=1S/C29H31N7.C29H29N5O.C29H29N5S.C28H29N7/c1-34-26(17-18-30-34)23-11-13-24(14-12-23)27-7-4-8-28-32-29(33-36(27)28)31-25-15-9-22(10-16-25)6-5-21-35-19-2-3-20-35;1-2-19-33(18-1)20-4-6-22-10-16-25(17-11-22)30-29-31-28-9-3-7-26(34(28)32-29)23-12-14-24(15-13-23)27-8-5-21-35-27;1-2-18-33(17-1)19-4-5-22-8-14-26(15-9-22)30-29-31-28-7-3-6-27(34(28)32-29)24-12-10-23(11-13-24)25-16-20-35-21-25;1-2-17-34(16-1)18-4-5-21-8-14-25(15-9-21)31-28-32-27-7-3-6-26(35(27)33-28)23-12-10-22(11-13-23)24-19-29-30-20-24/h4,7-18H,2-3,5-6,19-21H2,1H3,(H,31,33);3,5,7-17,21H,1-2,4,6,18-20H2,(H,30,32);3,6-16,20-21H,1-2,4-5,17-19H2,(H,30,32);3,6-15,19-20H,1-2,4-5,16-18H2,(H,29,30)(H,31,33). The lowest BCUT2D eigenvalue weighted by molar-refractivity contribution is 0.334. The van der Waals surface area contributed by atoms with Gasteiger partial charge in [-0.2, -0.15) is 41.5 Å². The summed E-state index contributed by atoms with van der Waals surface area (Å²) < 4.78 is 15.0. The first kappa shape index (κ1) is 92.1. The van der Waals surface area contributed by atoms with Gasteiger partial charge >= 0.3 is 0 Å². The smallest absolute Gasteiger partial charge is 0.247 e. The SMILES string of the molecule is Cn1nccc1-c1ccc(-c2cccc3nc(Nc4ccc(CCCN5CCCC5)cc4)nn23)cc1.c1cc(-c2ccc(-c3ccsc3)cc2)n2nc(Nc3ccc(CCCN4CCCC4)cc3)nc2c1.c1cc(-c2ccc(-c3cn[nH]c3)cc2)n2nc(Nc3ccc(CCCN4CCCC4)cc3)nc2c1.c1coc(-c2ccc(-c3cccc4nc(Nc5ccc(CCCN6CCCC6)cc5)nn34)cc2)c1. The van der Waals surface area contributed by atoms with Gasteiger partial charge in [-0.1, -0.05) is 170 Å². The molecule has 25 nitrogen and oxygen atoms in total. The Hall–Kier alpha value is -15.3. The topological polar surface area (TPSA) is 241 Å². The molecule has 0 aliphatic carbocycles. The van der Waals surface area contributed by atoms with Crippen molar-refractivity contribution in [3.63, 3.8) is 0 Å². The number of hydrogen-bond acceptors (Lipinski definition) is 20. The second-order valence-electron chi connectivity index (χ2n) is 37.0. The molecular weight excluding hydrogens is 1770 g/mol. The van der Waals surface area contributed by atoms with Gasteiger partial charge < -0.3 is 45.3 Å². The minimum Gasteiger partial charge on any atom is -0.464 e. The predicted molar refractivity (Wildman–Crippen MR) is 569 cm³/mol. The van der Waals surface area contributed by atoms with Crippen LogP contribution in [0.15, 0.2) is 331 Å². The maximum atomic E-state index is 5.51. The summed E-state index contributed by atoms with van der Waals surface area (Å²) in [5, 5.41) is 47.9. The van der Waals surface area contributed by atoms with E-state index in [9.17, 15) is 0 Å². The molecule has 8 aromatic carbocycles. The number of nitrogens with one attached hydrogen (secondary N) is 5. The highest BCUT2D eigenvalue weighted by atomic mass is 32.1. The minimum atomic E-state index is 0.589. The van der Waals surface area contributed by atoms with Crippen molar-refractivity contribution in [1.82, 2.24) is 98.0 Å². The van der Waals surface area contributed by atoms with Crippen molar-refractivity contribution >= 4 is 80.5 Å². The molecule has 4 fully saturated rings. The van der Waals surface area contributed by atoms with Gasteiger partial charge in [0.2, 0.25) is 23.8 Å². The number of aromatic nitrogens is 16. The zero-order valence-corrected chi connectivity index (χ0v) is 80.6. The predicted octanol–water partition coefficient (Wildman–Crippen LogP) is 24.5. The Morgan fingerprint density at radius 3 is 0.901 bits per heavy atom. The fourth-order valence-electron chi connectivity index (χ4n) is 19.5. The molecule has 0 unspecified atom stereocenters. The summed E-state index contributed by atoms with van der Waals surface area (Å²) in [6.07, 6.45) is 27.4. The average molecular weight is 1880 g/mol. The highest BCUT2D eigenvalue weighted by Crippen LogP contribution is 2.34. The number of H-pyrrole nitrogens is 1. The molecule has 0 radical (unpaired) electrons. The number of pyridine rings is 4. The van der Waals surface area contributed by atoms with Crippen molar-refractivity contribution in [2.24, 2.45) is 7.05 Å². The summed E-state index contributed by atoms with van der Waals surface area (Å²) in [7, 11) is 1.96. The number of hydrogen-bond donors (Lipinski definition) is 5. The van der Waals surface area contributed by atoms with Crippen molar-refractivity contribution in [3.05, 3.63) is 349 Å². The van der Waals surface area contributed by atoms with E-state index in [1.54, 1.807) is 17.6 Å². The summed E-state index contributed by atoms with van der Waals surface area (Å²) >= 11 is 1.72. The molecule has 4 aliphatic heterocycles. The highest BCUT2D eigenvalue weighted by Gasteiger charge is 2.21. The van der Waals surface area contributed by atoms with Gasteiger partial charge in [0.25, 0.3) is 0 Å². The molecule has 26 heteroatoms. The quantitative estimate of drug-likeness (QED) is 0.0263. The van der Waals surface area contributed by atoms with Crippen molar-refractivity contribution in [2.75, 3.05) is 99.8 Å². The van der Waals surface area contributed by atoms with E-state index in [0.717, 1.165) is 150 Å². The van der Waals surface area contributed by atoms with E-state index in [1.165, 1.54) is 189 Å². The molecule has 0 bridgehead atoms. The number of thiophene rings is 1. The van der Waals surface area contributed by atoms with Gasteiger partial charge in [0, 0.05) is 75.6 Å². The van der Waals surface area contributed by atoms with E-state index in [1.807, 2.05) is 115 Å². The summed E-state index contributed by atoms with van der Waals surface area (Å²) in [6, 6.07) is 101. The van der Waals surface area contributed by atoms with Crippen LogP contribution in [0.2, 0.25) is 0 Å². The molecule has 0 spiro atoms. The Morgan fingerprint density at radius 1 is 0.305 bits per heavy atom. The van der Waals surface area contributed by atoms with Crippen LogP contribution in [-0.2, 0) is 32.7 Å². The molecule has 141 heavy (non-hydrogen) atoms. The third-order valence-corrected chi connectivity index (χ3v) is 27.8. The Labute approximate surface area is 826 Å². The normalized spacial score (nSPS) is 14.0. The molecule has 16 heterocycles. The Morgan fingerprint density at radius 2 is 0.617 bits per heavy atom. The van der Waals surface area contributed by atoms with Crippen LogP contribution in [-0.4, -0.2) is 177 Å². The second kappa shape index (κ2) is 44.6. The molecule has 4 saturated heterocycles. The molecule has 12 aromatic heterocycles. The van der Waals surface area contributed by atoms with Crippen LogP contribution in [0.25, 0.3) is 112 Å². The molecule has 4 aliphatic rings. The third kappa shape index (κ3) is 23.3. The first-order chi connectivity index (χ1) is 69.7. The lowest BCUT2D eigenvalue weighted by Crippen LogP contribution is -2.20. The van der Waals surface area contributed by atoms with Gasteiger partial charge in [0.1, 0.15) is 5.76 Å². The first-order valence-electron chi connectivity index (χ1n) is 49.9. The van der Waals surface area contributed by atoms with Crippen LogP contribution in [0.4, 0.5) is 46.5 Å². The number of aromatic amines is 1. The van der Waals surface area contributed by atoms with Crippen LogP contribution in [0.5, 0.6) is 0 Å². The molecule has 710 valence electrons. The maximum absolute atomic E-state index is 5.51. The van der Waals surface area contributed by atoms with Crippen LogP contribution < -0.4 is 21.3 Å². The summed E-state index contributed by atoms with van der Waals surface area (Å²) in [5.74, 6) is 3.24. The molecule has 0 saturated carbocycles. The minimum absolute atomic E-state index is 0.589. The van der Waals surface area contributed by atoms with Crippen molar-refractivity contribution < 1.29 is 4.42 Å². The van der Waals surface area contributed by atoms with Crippen LogP contribution in [0.3, 0.4) is 0 Å². The maximum Gasteiger partial charge on any atom is 0.247 e. The van der Waals surface area contributed by atoms with Crippen LogP contribution in [0, 0.1) is 0 Å². The van der Waals surface area contributed by atoms with Gasteiger partial charge in [0.15, 0.2) is 22.6 Å². The molecule has 20 aromatic rings. The van der Waals surface area contributed by atoms with E-state index >= 15 is 0 Å². The van der Waals surface area contributed by atoms with E-state index in [-0.39, 0.29) is 0 Å². The van der Waals surface area contributed by atoms with E-state index in [0.29, 0.717) is 23.8 Å². The van der Waals surface area contributed by atoms with Crippen molar-refractivity contribution in [3.8, 4) is 89.9 Å². The number of furan rings is 1. The Bertz CT molecular complexity index is 6830. The number of likely N-dealkylation sites (tertiary alicyclic amines) is 4. The Kier molecular flexibility index (Phi) is 29.2. The monoisotopic (exact) mass is 1880 g/mol. The number of fused-ring (bicyclic) bond motifs is 4. The third-order valence-electron chi connectivity index (χ3n) is 27.2. The largest absolute Gasteiger partial charge is 0.464 e. The van der Waals surface area contributed by atoms with E-state index < -0.39 is 0 Å². The van der Waals surface area contributed by atoms with Gasteiger partial charge in [0.05, 0.1) is 40.9 Å². The fraction of sp³-hybridized carbons (Fsp3) is 0.252. The zero-order valence-electron chi connectivity index (χ0n) is 79.8. The number of aryl methyl sites for hydroxylation is 5. The zero-order chi connectivity index (χ0) is 94.7. The van der Waals surface area contributed by atoms with Gasteiger partial charge in [-0.25, -0.2) is 18.1 Å². The molecule has 24 rings (SSSR count). The van der Waals surface area contributed by atoms with Gasteiger partial charge in [-0.3, -0.25) is 9.78 Å². The first-order valence-corrected chi connectivity index (χ1v) is 50.8. The lowest BCUT2D eigenvalue weighted by Gasteiger charge is -2.14. The molecule has 5 N–H and O–H groups in total. The molecular formula is C115H118N24OS. The van der Waals surface area contributed by atoms with Crippen LogP contribution >= 0.6 is 11.3 Å². The summed E-state index contributed by atoms with van der Waals surface area (Å²) in [6.45, 7) is 15.0. The van der Waals surface area contributed by atoms with Gasteiger partial charge in [-0.05, 0) is 358 Å². The fourth-order valence-corrected chi connectivity index (χ4v) is 20.2. The average Bonchev–Trinajstić information content (AvgIpc) is 1.68. The Balaban J connectivity index is 0.000000111. The van der Waals surface area contributed by atoms with E-state index in [2.05, 4.69) is 296 Å². The van der Waals surface area contributed by atoms with E-state index in [4.69, 9.17) is 39.8 Å². The second-order valence-corrected chi connectivity index (χ2v) is 37.8. The number of benzene rings is 8. The summed E-state index contributed by atoms with van der Waals surface area (Å²) in [4.78, 5) is 29.1. The number of anilines is 8. The van der Waals surface area contributed by atoms with Gasteiger partial charge in [-0.15, -0.1) is 20.4 Å². The number of rotatable bonds is 32. The van der Waals surface area contributed by atoms with Crippen LogP contribution in [0.1, 0.15) is 99.3 Å². The molecule has 0 amide bonds. The number of nitrogens with zero attached hydrogens (tertiary/aromatic N) is 19. The highest BCUT2D eigenvalue weighted by molar-refractivity contribution is 7.08. The van der Waals surface area contributed by atoms with Crippen molar-refractivity contribution in [2.45, 2.75) is 103 Å². The summed E-state index contributed by atoms with van der Waals surface area (Å²) in [5.41, 5.74) is 29.0. The molecule has 0 atom stereocenters. The van der Waals surface area contributed by atoms with Crippen molar-refractivity contribution in [1.29, 1.82) is 0 Å². The lowest BCUT2D eigenvalue weighted by atomic mass is 10.0.